The molecule has 1 aliphatic rings. The molecule has 1 unspecified atom stereocenters. The predicted octanol–water partition coefficient (Wildman–Crippen LogP) is 2.22. The molecule has 13 heavy (non-hydrogen) atoms. The summed E-state index contributed by atoms with van der Waals surface area (Å²) >= 11 is 0. The Morgan fingerprint density at radius 2 is 2.15 bits per heavy atom. The monoisotopic (exact) mass is 175 g/mol. The van der Waals surface area contributed by atoms with E-state index in [9.17, 15) is 0 Å². The molecular weight excluding hydrogens is 158 g/mol. The molecule has 0 saturated carbocycles. The molecule has 1 rings (SSSR count). The molecule has 1 nitrogen and oxygen atoms in total. The maximum atomic E-state index is 3.12. The third-order valence-corrected chi connectivity index (χ3v) is 2.38. The van der Waals surface area contributed by atoms with Crippen LogP contribution in [0.2, 0.25) is 0 Å². The van der Waals surface area contributed by atoms with Crippen molar-refractivity contribution in [3.8, 4) is 11.8 Å². The lowest BCUT2D eigenvalue weighted by atomic mass is 9.95. The van der Waals surface area contributed by atoms with Gasteiger partial charge in [-0.05, 0) is 40.4 Å². The minimum atomic E-state index is 0.544. The van der Waals surface area contributed by atoms with Gasteiger partial charge in [0.05, 0.1) is 0 Å². The van der Waals surface area contributed by atoms with Crippen molar-refractivity contribution in [3.05, 3.63) is 23.3 Å². The highest BCUT2D eigenvalue weighted by atomic mass is 15.1. The Kier molecular flexibility index (Phi) is 3.33. The molecule has 0 aromatic heterocycles. The summed E-state index contributed by atoms with van der Waals surface area (Å²) in [5, 5.41) is 0. The summed E-state index contributed by atoms with van der Waals surface area (Å²) in [6.07, 6.45) is 5.47. The zero-order valence-electron chi connectivity index (χ0n) is 8.89. The van der Waals surface area contributed by atoms with Crippen LogP contribution in [0.5, 0.6) is 0 Å². The second-order valence-electron chi connectivity index (χ2n) is 3.66. The Morgan fingerprint density at radius 3 is 2.62 bits per heavy atom. The average molecular weight is 175 g/mol. The lowest BCUT2D eigenvalue weighted by molar-refractivity contribution is 0.339. The van der Waals surface area contributed by atoms with E-state index in [1.54, 1.807) is 0 Å². The minimum Gasteiger partial charge on any atom is -0.303 e. The van der Waals surface area contributed by atoms with Gasteiger partial charge in [-0.25, -0.2) is 0 Å². The minimum absolute atomic E-state index is 0.544. The van der Waals surface area contributed by atoms with Gasteiger partial charge >= 0.3 is 0 Å². The van der Waals surface area contributed by atoms with Gasteiger partial charge in [-0.15, -0.1) is 5.92 Å². The van der Waals surface area contributed by atoms with Crippen LogP contribution in [-0.2, 0) is 0 Å². The van der Waals surface area contributed by atoms with Gasteiger partial charge < -0.3 is 4.90 Å². The standard InChI is InChI=1S/C12H17N/c1-5-6-11-7-8-12(13(3)4)9-10(11)2/h7-8,12H,9H2,1-4H3. The fourth-order valence-electron chi connectivity index (χ4n) is 1.48. The van der Waals surface area contributed by atoms with Crippen molar-refractivity contribution in [2.45, 2.75) is 26.3 Å². The fraction of sp³-hybridized carbons (Fsp3) is 0.500. The molecule has 70 valence electrons. The highest BCUT2D eigenvalue weighted by molar-refractivity contribution is 5.44. The van der Waals surface area contributed by atoms with Crippen LogP contribution >= 0.6 is 0 Å². The molecule has 0 amide bonds. The van der Waals surface area contributed by atoms with Crippen LogP contribution in [0.1, 0.15) is 20.3 Å². The van der Waals surface area contributed by atoms with Gasteiger partial charge in [-0.3, -0.25) is 0 Å². The average Bonchev–Trinajstić information content (AvgIpc) is 2.08. The molecule has 1 atom stereocenters. The summed E-state index contributed by atoms with van der Waals surface area (Å²) < 4.78 is 0. The Balaban J connectivity index is 2.78. The Labute approximate surface area is 81.1 Å². The van der Waals surface area contributed by atoms with Gasteiger partial charge in [-0.2, -0.15) is 0 Å². The van der Waals surface area contributed by atoms with Gasteiger partial charge in [0.15, 0.2) is 0 Å². The molecule has 1 aliphatic carbocycles. The van der Waals surface area contributed by atoms with E-state index < -0.39 is 0 Å². The fourth-order valence-corrected chi connectivity index (χ4v) is 1.48. The normalized spacial score (nSPS) is 21.8. The first kappa shape index (κ1) is 10.1. The molecule has 0 fully saturated rings. The van der Waals surface area contributed by atoms with Crippen LogP contribution in [0.25, 0.3) is 0 Å². The molecule has 0 bridgehead atoms. The maximum Gasteiger partial charge on any atom is 0.0313 e. The molecule has 0 saturated heterocycles. The van der Waals surface area contributed by atoms with E-state index >= 15 is 0 Å². The van der Waals surface area contributed by atoms with Crippen molar-refractivity contribution in [2.75, 3.05) is 14.1 Å². The molecule has 0 heterocycles. The van der Waals surface area contributed by atoms with Crippen molar-refractivity contribution in [2.24, 2.45) is 0 Å². The third-order valence-electron chi connectivity index (χ3n) is 2.38. The number of hydrogen-bond acceptors (Lipinski definition) is 1. The van der Waals surface area contributed by atoms with Crippen LogP contribution in [0.15, 0.2) is 23.3 Å². The zero-order chi connectivity index (χ0) is 9.84. The van der Waals surface area contributed by atoms with Gasteiger partial charge in [0.1, 0.15) is 0 Å². The quantitative estimate of drug-likeness (QED) is 0.552. The Bertz CT molecular complexity index is 297. The molecular formula is C12H17N. The summed E-state index contributed by atoms with van der Waals surface area (Å²) in [5.74, 6) is 6.06. The highest BCUT2D eigenvalue weighted by Crippen LogP contribution is 2.20. The predicted molar refractivity (Wildman–Crippen MR) is 57.4 cm³/mol. The SMILES string of the molecule is CC#CC1=C(C)CC(N(C)C)C=C1. The number of rotatable bonds is 1. The number of allylic oxidation sites excluding steroid dienone is 2. The van der Waals surface area contributed by atoms with Crippen molar-refractivity contribution in [1.82, 2.24) is 4.90 Å². The molecule has 0 aromatic rings. The van der Waals surface area contributed by atoms with Crippen LogP contribution in [-0.4, -0.2) is 25.0 Å². The highest BCUT2D eigenvalue weighted by Gasteiger charge is 2.13. The van der Waals surface area contributed by atoms with E-state index in [4.69, 9.17) is 0 Å². The summed E-state index contributed by atoms with van der Waals surface area (Å²) in [6, 6.07) is 0.544. The first-order valence-electron chi connectivity index (χ1n) is 4.62. The number of nitrogens with zero attached hydrogens (tertiary/aromatic N) is 1. The summed E-state index contributed by atoms with van der Waals surface area (Å²) in [6.45, 7) is 4.05. The Hall–Kier alpha value is -1.00. The second-order valence-corrected chi connectivity index (χ2v) is 3.66. The number of hydrogen-bond donors (Lipinski definition) is 0. The first-order chi connectivity index (χ1) is 6.15. The second kappa shape index (κ2) is 4.30. The van der Waals surface area contributed by atoms with Crippen molar-refractivity contribution in [3.63, 3.8) is 0 Å². The van der Waals surface area contributed by atoms with Crippen LogP contribution in [0, 0.1) is 11.8 Å². The zero-order valence-corrected chi connectivity index (χ0v) is 8.89. The summed E-state index contributed by atoms with van der Waals surface area (Å²) in [7, 11) is 4.22. The first-order valence-corrected chi connectivity index (χ1v) is 4.62. The topological polar surface area (TPSA) is 3.24 Å². The van der Waals surface area contributed by atoms with Crippen LogP contribution in [0.4, 0.5) is 0 Å². The van der Waals surface area contributed by atoms with E-state index in [1.165, 1.54) is 11.1 Å². The molecule has 0 aromatic carbocycles. The van der Waals surface area contributed by atoms with E-state index in [0.717, 1.165) is 6.42 Å². The number of likely N-dealkylation sites (N-methyl/N-ethyl adjacent to an activating group) is 1. The smallest absolute Gasteiger partial charge is 0.0313 e. The third kappa shape index (κ3) is 2.47. The lowest BCUT2D eigenvalue weighted by Gasteiger charge is -2.24. The van der Waals surface area contributed by atoms with Gasteiger partial charge in [0.25, 0.3) is 0 Å². The van der Waals surface area contributed by atoms with E-state index in [1.807, 2.05) is 6.92 Å². The maximum absolute atomic E-state index is 3.12. The molecule has 0 radical (unpaired) electrons. The van der Waals surface area contributed by atoms with Crippen molar-refractivity contribution < 1.29 is 0 Å². The van der Waals surface area contributed by atoms with E-state index in [2.05, 4.69) is 49.9 Å². The van der Waals surface area contributed by atoms with E-state index in [0.29, 0.717) is 6.04 Å². The largest absolute Gasteiger partial charge is 0.303 e. The van der Waals surface area contributed by atoms with Gasteiger partial charge in [0.2, 0.25) is 0 Å². The Morgan fingerprint density at radius 1 is 1.46 bits per heavy atom. The molecule has 0 N–H and O–H groups in total. The molecule has 0 spiro atoms. The van der Waals surface area contributed by atoms with Gasteiger partial charge in [0, 0.05) is 11.6 Å². The summed E-state index contributed by atoms with van der Waals surface area (Å²) in [5.41, 5.74) is 2.59. The van der Waals surface area contributed by atoms with Crippen LogP contribution < -0.4 is 0 Å². The summed E-state index contributed by atoms with van der Waals surface area (Å²) in [4.78, 5) is 2.23. The van der Waals surface area contributed by atoms with Crippen molar-refractivity contribution in [1.29, 1.82) is 0 Å². The molecule has 0 aliphatic heterocycles. The molecule has 1 heteroatoms. The van der Waals surface area contributed by atoms with E-state index in [-0.39, 0.29) is 0 Å². The van der Waals surface area contributed by atoms with Crippen LogP contribution in [0.3, 0.4) is 0 Å². The van der Waals surface area contributed by atoms with Crippen molar-refractivity contribution >= 4 is 0 Å². The lowest BCUT2D eigenvalue weighted by Crippen LogP contribution is -2.27. The van der Waals surface area contributed by atoms with Gasteiger partial charge in [-0.1, -0.05) is 17.6 Å².